The Morgan fingerprint density at radius 2 is 2.07 bits per heavy atom. The first-order valence-electron chi connectivity index (χ1n) is 4.07. The van der Waals surface area contributed by atoms with E-state index >= 15 is 0 Å². The third-order valence-corrected chi connectivity index (χ3v) is 2.58. The predicted octanol–water partition coefficient (Wildman–Crippen LogP) is 1.66. The molecule has 1 aliphatic heterocycles. The second-order valence-corrected chi connectivity index (χ2v) is 3.82. The molecule has 0 aliphatic carbocycles. The second-order valence-electron chi connectivity index (χ2n) is 3.38. The van der Waals surface area contributed by atoms with Crippen LogP contribution in [0.5, 0.6) is 0 Å². The Morgan fingerprint density at radius 3 is 2.50 bits per heavy atom. The van der Waals surface area contributed by atoms with Gasteiger partial charge in [-0.1, -0.05) is 17.7 Å². The van der Waals surface area contributed by atoms with Crippen LogP contribution in [0.25, 0.3) is 0 Å². The number of nitrogens with two attached hydrogens (primary N) is 1. The Morgan fingerprint density at radius 1 is 1.43 bits per heavy atom. The smallest absolute Gasteiger partial charge is 0.129 e. The van der Waals surface area contributed by atoms with Crippen molar-refractivity contribution in [2.24, 2.45) is 5.73 Å². The molecule has 0 aromatic heterocycles. The molecule has 0 unspecified atom stereocenters. The summed E-state index contributed by atoms with van der Waals surface area (Å²) in [4.78, 5) is 0. The minimum Gasteiger partial charge on any atom is -0.319 e. The van der Waals surface area contributed by atoms with Gasteiger partial charge in [0.15, 0.2) is 0 Å². The van der Waals surface area contributed by atoms with E-state index in [1.807, 2.05) is 0 Å². The highest BCUT2D eigenvalue weighted by molar-refractivity contribution is 6.30. The fraction of sp³-hybridized carbons (Fsp3) is 0.333. The van der Waals surface area contributed by atoms with Gasteiger partial charge in [-0.15, -0.1) is 12.4 Å². The minimum absolute atomic E-state index is 0. The van der Waals surface area contributed by atoms with Gasteiger partial charge in [0.2, 0.25) is 0 Å². The van der Waals surface area contributed by atoms with Gasteiger partial charge < -0.3 is 11.1 Å². The Labute approximate surface area is 93.0 Å². The van der Waals surface area contributed by atoms with Gasteiger partial charge in [-0.25, -0.2) is 4.39 Å². The lowest BCUT2D eigenvalue weighted by atomic mass is 9.85. The van der Waals surface area contributed by atoms with Crippen molar-refractivity contribution in [2.45, 2.75) is 5.54 Å². The van der Waals surface area contributed by atoms with Crippen LogP contribution in [0.1, 0.15) is 5.56 Å². The largest absolute Gasteiger partial charge is 0.319 e. The molecule has 14 heavy (non-hydrogen) atoms. The number of rotatable bonds is 1. The van der Waals surface area contributed by atoms with Crippen LogP contribution < -0.4 is 11.1 Å². The average molecular weight is 237 g/mol. The zero-order chi connectivity index (χ0) is 9.47. The molecule has 1 saturated heterocycles. The van der Waals surface area contributed by atoms with E-state index in [1.54, 1.807) is 12.1 Å². The van der Waals surface area contributed by atoms with E-state index in [1.165, 1.54) is 6.07 Å². The fourth-order valence-electron chi connectivity index (χ4n) is 1.48. The molecule has 1 heterocycles. The van der Waals surface area contributed by atoms with Gasteiger partial charge in [0, 0.05) is 23.7 Å². The molecular weight excluding hydrogens is 226 g/mol. The Bertz CT molecular complexity index is 340. The van der Waals surface area contributed by atoms with Crippen LogP contribution in [0.15, 0.2) is 18.2 Å². The lowest BCUT2D eigenvalue weighted by molar-refractivity contribution is 0.277. The van der Waals surface area contributed by atoms with Gasteiger partial charge in [0.05, 0.1) is 5.54 Å². The van der Waals surface area contributed by atoms with Crippen LogP contribution in [-0.4, -0.2) is 13.1 Å². The molecule has 0 saturated carbocycles. The summed E-state index contributed by atoms with van der Waals surface area (Å²) in [5.41, 5.74) is 5.92. The number of hydrogen-bond donors (Lipinski definition) is 2. The summed E-state index contributed by atoms with van der Waals surface area (Å²) in [5, 5.41) is 3.42. The summed E-state index contributed by atoms with van der Waals surface area (Å²) in [5.74, 6) is -0.323. The van der Waals surface area contributed by atoms with Crippen molar-refractivity contribution in [3.05, 3.63) is 34.6 Å². The molecular formula is C9H11Cl2FN2. The average Bonchev–Trinajstić information content (AvgIpc) is 2.00. The lowest BCUT2D eigenvalue weighted by Gasteiger charge is -2.39. The number of halogens is 3. The summed E-state index contributed by atoms with van der Waals surface area (Å²) >= 11 is 5.63. The molecule has 3 N–H and O–H groups in total. The Hall–Kier alpha value is -0.350. The monoisotopic (exact) mass is 236 g/mol. The van der Waals surface area contributed by atoms with Crippen molar-refractivity contribution in [3.63, 3.8) is 0 Å². The van der Waals surface area contributed by atoms with Gasteiger partial charge in [-0.2, -0.15) is 0 Å². The van der Waals surface area contributed by atoms with E-state index in [2.05, 4.69) is 5.32 Å². The Kier molecular flexibility index (Phi) is 3.37. The van der Waals surface area contributed by atoms with Crippen LogP contribution in [0.4, 0.5) is 4.39 Å². The van der Waals surface area contributed by atoms with Gasteiger partial charge >= 0.3 is 0 Å². The molecule has 2 rings (SSSR count). The molecule has 1 fully saturated rings. The molecule has 0 spiro atoms. The van der Waals surface area contributed by atoms with Crippen molar-refractivity contribution < 1.29 is 4.39 Å². The normalized spacial score (nSPS) is 18.2. The highest BCUT2D eigenvalue weighted by Gasteiger charge is 2.36. The highest BCUT2D eigenvalue weighted by Crippen LogP contribution is 2.26. The van der Waals surface area contributed by atoms with Crippen LogP contribution in [0.3, 0.4) is 0 Å². The molecule has 0 amide bonds. The first-order valence-corrected chi connectivity index (χ1v) is 4.45. The molecule has 1 aromatic carbocycles. The predicted molar refractivity (Wildman–Crippen MR) is 57.4 cm³/mol. The van der Waals surface area contributed by atoms with Crippen molar-refractivity contribution in [3.8, 4) is 0 Å². The van der Waals surface area contributed by atoms with Gasteiger partial charge in [-0.3, -0.25) is 0 Å². The van der Waals surface area contributed by atoms with Crippen molar-refractivity contribution in [1.82, 2.24) is 5.32 Å². The topological polar surface area (TPSA) is 38.0 Å². The molecule has 0 atom stereocenters. The maximum absolute atomic E-state index is 13.4. The summed E-state index contributed by atoms with van der Waals surface area (Å²) in [6.07, 6.45) is 0. The summed E-state index contributed by atoms with van der Waals surface area (Å²) < 4.78 is 13.4. The third-order valence-electron chi connectivity index (χ3n) is 2.35. The number of nitrogens with one attached hydrogen (secondary N) is 1. The van der Waals surface area contributed by atoms with E-state index in [0.29, 0.717) is 23.7 Å². The van der Waals surface area contributed by atoms with Crippen LogP contribution in [0.2, 0.25) is 5.02 Å². The van der Waals surface area contributed by atoms with E-state index < -0.39 is 5.54 Å². The van der Waals surface area contributed by atoms with Crippen molar-refractivity contribution in [2.75, 3.05) is 13.1 Å². The quantitative estimate of drug-likeness (QED) is 0.779. The van der Waals surface area contributed by atoms with Crippen molar-refractivity contribution >= 4 is 24.0 Å². The highest BCUT2D eigenvalue weighted by atomic mass is 35.5. The first kappa shape index (κ1) is 11.7. The first-order chi connectivity index (χ1) is 6.12. The molecule has 5 heteroatoms. The van der Waals surface area contributed by atoms with E-state index in [9.17, 15) is 4.39 Å². The van der Waals surface area contributed by atoms with Crippen LogP contribution in [0, 0.1) is 5.82 Å². The molecule has 78 valence electrons. The molecule has 1 aliphatic rings. The second kappa shape index (κ2) is 4.03. The van der Waals surface area contributed by atoms with E-state index in [-0.39, 0.29) is 18.2 Å². The van der Waals surface area contributed by atoms with Gasteiger partial charge in [0.25, 0.3) is 0 Å². The van der Waals surface area contributed by atoms with E-state index in [4.69, 9.17) is 17.3 Å². The zero-order valence-corrected chi connectivity index (χ0v) is 8.96. The zero-order valence-electron chi connectivity index (χ0n) is 7.39. The SMILES string of the molecule is Cl.NC1(c2ccc(Cl)cc2F)CNC1. The van der Waals surface area contributed by atoms with Crippen LogP contribution in [-0.2, 0) is 5.54 Å². The standard InChI is InChI=1S/C9H10ClFN2.ClH/c10-6-1-2-7(8(11)3-6)9(12)4-13-5-9;/h1-3,13H,4-5,12H2;1H. The molecule has 0 radical (unpaired) electrons. The van der Waals surface area contributed by atoms with Crippen molar-refractivity contribution in [1.29, 1.82) is 0 Å². The molecule has 0 bridgehead atoms. The number of hydrogen-bond acceptors (Lipinski definition) is 2. The van der Waals surface area contributed by atoms with Crippen LogP contribution >= 0.6 is 24.0 Å². The Balaban J connectivity index is 0.000000980. The summed E-state index contributed by atoms with van der Waals surface area (Å²) in [6.45, 7) is 1.23. The fourth-order valence-corrected chi connectivity index (χ4v) is 1.64. The maximum atomic E-state index is 13.4. The minimum atomic E-state index is -0.547. The van der Waals surface area contributed by atoms with Gasteiger partial charge in [-0.05, 0) is 12.1 Å². The van der Waals surface area contributed by atoms with E-state index in [0.717, 1.165) is 0 Å². The third kappa shape index (κ3) is 1.86. The maximum Gasteiger partial charge on any atom is 0.129 e. The lowest BCUT2D eigenvalue weighted by Crippen LogP contribution is -2.63. The van der Waals surface area contributed by atoms with Gasteiger partial charge in [0.1, 0.15) is 5.82 Å². The summed E-state index contributed by atoms with van der Waals surface area (Å²) in [7, 11) is 0. The summed E-state index contributed by atoms with van der Waals surface area (Å²) in [6, 6.07) is 4.61. The number of benzene rings is 1. The molecule has 2 nitrogen and oxygen atoms in total. The molecule has 1 aromatic rings.